The Morgan fingerprint density at radius 3 is 2.92 bits per heavy atom. The molecule has 0 saturated heterocycles. The molecule has 0 aliphatic heterocycles. The highest BCUT2D eigenvalue weighted by Crippen LogP contribution is 2.02. The van der Waals surface area contributed by atoms with Crippen LogP contribution in [-0.4, -0.2) is 17.9 Å². The number of amides is 1. The third kappa shape index (κ3) is 1.70. The fourth-order valence-electron chi connectivity index (χ4n) is 0.774. The van der Waals surface area contributed by atoms with Crippen LogP contribution in [-0.2, 0) is 0 Å². The number of nitrogens with zero attached hydrogens (tertiary/aromatic N) is 1. The predicted molar refractivity (Wildman–Crippen MR) is 45.4 cm³/mol. The summed E-state index contributed by atoms with van der Waals surface area (Å²) in [5.41, 5.74) is 2.30. The van der Waals surface area contributed by atoms with Gasteiger partial charge >= 0.3 is 0 Å². The normalized spacial score (nSPS) is 9.17. The second-order valence-electron chi connectivity index (χ2n) is 2.13. The van der Waals surface area contributed by atoms with Gasteiger partial charge in [0.05, 0.1) is 0 Å². The molecule has 0 atom stereocenters. The number of hydrogen-bond acceptors (Lipinski definition) is 4. The molecule has 5 heteroatoms. The molecule has 1 aromatic heterocycles. The number of rotatable bonds is 2. The van der Waals surface area contributed by atoms with Crippen LogP contribution in [0.1, 0.15) is 10.5 Å². The lowest BCUT2D eigenvalue weighted by Gasteiger charge is -2.01. The van der Waals surface area contributed by atoms with E-state index in [1.165, 1.54) is 0 Å². The Labute approximate surface area is 70.0 Å². The number of aromatic nitrogens is 1. The number of carbonyl (C=O) groups is 1. The number of nitrogen functional groups attached to an aromatic ring is 1. The molecule has 1 rings (SSSR count). The van der Waals surface area contributed by atoms with E-state index in [1.807, 2.05) is 5.43 Å². The Bertz CT molecular complexity index is 286. The van der Waals surface area contributed by atoms with E-state index in [9.17, 15) is 4.79 Å². The molecular weight excluding hydrogens is 156 g/mol. The van der Waals surface area contributed by atoms with Crippen molar-refractivity contribution in [1.29, 1.82) is 0 Å². The van der Waals surface area contributed by atoms with Gasteiger partial charge in [-0.2, -0.15) is 0 Å². The van der Waals surface area contributed by atoms with Crippen molar-refractivity contribution in [2.24, 2.45) is 5.84 Å². The summed E-state index contributed by atoms with van der Waals surface area (Å²) in [6.07, 6.45) is 0. The number of anilines is 1. The summed E-state index contributed by atoms with van der Waals surface area (Å²) in [6, 6.07) is 5.07. The van der Waals surface area contributed by atoms with Crippen LogP contribution >= 0.6 is 0 Å². The van der Waals surface area contributed by atoms with Crippen LogP contribution < -0.4 is 16.6 Å². The summed E-state index contributed by atoms with van der Waals surface area (Å²) < 4.78 is 0. The first-order chi connectivity index (χ1) is 5.77. The smallest absolute Gasteiger partial charge is 0.283 e. The second kappa shape index (κ2) is 3.68. The van der Waals surface area contributed by atoms with E-state index >= 15 is 0 Å². The van der Waals surface area contributed by atoms with Crippen LogP contribution in [0.3, 0.4) is 0 Å². The van der Waals surface area contributed by atoms with Crippen LogP contribution in [0.15, 0.2) is 18.2 Å². The highest BCUT2D eigenvalue weighted by atomic mass is 16.2. The molecule has 1 heterocycles. The number of carbonyl (C=O) groups excluding carboxylic acids is 1. The Balaban J connectivity index is 2.93. The molecule has 0 aromatic carbocycles. The molecule has 0 aliphatic rings. The molecule has 1 aromatic rings. The third-order valence-electron chi connectivity index (χ3n) is 1.37. The Kier molecular flexibility index (Phi) is 2.60. The number of nitrogens with one attached hydrogen (secondary N) is 2. The van der Waals surface area contributed by atoms with Crippen LogP contribution in [0.2, 0.25) is 0 Å². The zero-order chi connectivity index (χ0) is 8.97. The van der Waals surface area contributed by atoms with E-state index in [0.29, 0.717) is 11.5 Å². The van der Waals surface area contributed by atoms with E-state index in [4.69, 9.17) is 5.84 Å². The van der Waals surface area contributed by atoms with Crippen molar-refractivity contribution in [2.75, 3.05) is 12.4 Å². The monoisotopic (exact) mass is 166 g/mol. The lowest BCUT2D eigenvalue weighted by molar-refractivity contribution is 0.0949. The average molecular weight is 166 g/mol. The maximum Gasteiger partial charge on any atom is 0.283 e. The molecule has 0 fully saturated rings. The van der Waals surface area contributed by atoms with Crippen molar-refractivity contribution in [3.05, 3.63) is 23.9 Å². The van der Waals surface area contributed by atoms with E-state index < -0.39 is 5.91 Å². The van der Waals surface area contributed by atoms with Gasteiger partial charge in [-0.15, -0.1) is 0 Å². The lowest BCUT2D eigenvalue weighted by atomic mass is 10.3. The first-order valence-corrected chi connectivity index (χ1v) is 3.43. The van der Waals surface area contributed by atoms with Gasteiger partial charge in [-0.3, -0.25) is 10.2 Å². The third-order valence-corrected chi connectivity index (χ3v) is 1.37. The predicted octanol–water partition coefficient (Wildman–Crippen LogP) is -0.273. The molecule has 1 amide bonds. The minimum atomic E-state index is -0.396. The van der Waals surface area contributed by atoms with Crippen LogP contribution in [0, 0.1) is 0 Å². The largest absolute Gasteiger partial charge is 0.373 e. The van der Waals surface area contributed by atoms with Gasteiger partial charge in [0.15, 0.2) is 0 Å². The molecule has 0 bridgehead atoms. The Hall–Kier alpha value is -1.62. The molecule has 5 nitrogen and oxygen atoms in total. The van der Waals surface area contributed by atoms with Crippen molar-refractivity contribution in [3.8, 4) is 0 Å². The van der Waals surface area contributed by atoms with Crippen LogP contribution in [0.5, 0.6) is 0 Å². The molecule has 0 spiro atoms. The van der Waals surface area contributed by atoms with E-state index in [2.05, 4.69) is 10.3 Å². The first kappa shape index (κ1) is 8.48. The number of nitrogens with two attached hydrogens (primary N) is 1. The zero-order valence-corrected chi connectivity index (χ0v) is 6.66. The fraction of sp³-hybridized carbons (Fsp3) is 0.143. The number of pyridine rings is 1. The minimum Gasteiger partial charge on any atom is -0.373 e. The molecular formula is C7H10N4O. The van der Waals surface area contributed by atoms with Crippen molar-refractivity contribution in [3.63, 3.8) is 0 Å². The van der Waals surface area contributed by atoms with Crippen molar-refractivity contribution in [1.82, 2.24) is 10.4 Å². The molecule has 12 heavy (non-hydrogen) atoms. The van der Waals surface area contributed by atoms with Crippen molar-refractivity contribution >= 4 is 11.7 Å². The molecule has 0 radical (unpaired) electrons. The topological polar surface area (TPSA) is 80.0 Å². The molecule has 0 aliphatic carbocycles. The first-order valence-electron chi connectivity index (χ1n) is 3.43. The minimum absolute atomic E-state index is 0.296. The van der Waals surface area contributed by atoms with E-state index in [1.54, 1.807) is 25.2 Å². The maximum absolute atomic E-state index is 11.0. The maximum atomic E-state index is 11.0. The summed E-state index contributed by atoms with van der Waals surface area (Å²) in [7, 11) is 1.73. The van der Waals surface area contributed by atoms with Gasteiger partial charge in [0.1, 0.15) is 11.5 Å². The van der Waals surface area contributed by atoms with E-state index in [0.717, 1.165) is 0 Å². The summed E-state index contributed by atoms with van der Waals surface area (Å²) in [5.74, 6) is 5.17. The highest BCUT2D eigenvalue weighted by Gasteiger charge is 2.03. The van der Waals surface area contributed by atoms with Gasteiger partial charge in [-0.05, 0) is 12.1 Å². The Morgan fingerprint density at radius 2 is 2.33 bits per heavy atom. The van der Waals surface area contributed by atoms with Crippen LogP contribution in [0.4, 0.5) is 5.82 Å². The van der Waals surface area contributed by atoms with E-state index in [-0.39, 0.29) is 0 Å². The molecule has 0 saturated carbocycles. The van der Waals surface area contributed by atoms with Gasteiger partial charge < -0.3 is 5.32 Å². The Morgan fingerprint density at radius 1 is 1.58 bits per heavy atom. The van der Waals surface area contributed by atoms with Gasteiger partial charge in [0.25, 0.3) is 5.91 Å². The molecule has 0 unspecified atom stereocenters. The van der Waals surface area contributed by atoms with Gasteiger partial charge in [0.2, 0.25) is 0 Å². The fourth-order valence-corrected chi connectivity index (χ4v) is 0.774. The average Bonchev–Trinajstić information content (AvgIpc) is 2.17. The van der Waals surface area contributed by atoms with Crippen LogP contribution in [0.25, 0.3) is 0 Å². The van der Waals surface area contributed by atoms with Gasteiger partial charge in [-0.25, -0.2) is 10.8 Å². The summed E-state index contributed by atoms with van der Waals surface area (Å²) in [6.45, 7) is 0. The summed E-state index contributed by atoms with van der Waals surface area (Å²) in [4.78, 5) is 14.9. The number of hydrogen-bond donors (Lipinski definition) is 3. The second-order valence-corrected chi connectivity index (χ2v) is 2.13. The quantitative estimate of drug-likeness (QED) is 0.321. The SMILES string of the molecule is CNc1cccc(C(=O)NN)n1. The number of hydrazine groups is 1. The van der Waals surface area contributed by atoms with Gasteiger partial charge in [0, 0.05) is 7.05 Å². The van der Waals surface area contributed by atoms with Gasteiger partial charge in [-0.1, -0.05) is 6.07 Å². The zero-order valence-electron chi connectivity index (χ0n) is 6.66. The lowest BCUT2D eigenvalue weighted by Crippen LogP contribution is -2.30. The highest BCUT2D eigenvalue weighted by molar-refractivity contribution is 5.92. The van der Waals surface area contributed by atoms with Crippen molar-refractivity contribution in [2.45, 2.75) is 0 Å². The molecule has 4 N–H and O–H groups in total. The summed E-state index contributed by atoms with van der Waals surface area (Å²) in [5, 5.41) is 2.81. The standard InChI is InChI=1S/C7H10N4O/c1-9-6-4-2-3-5(10-6)7(12)11-8/h2-4H,8H2,1H3,(H,9,10)(H,11,12). The molecule has 64 valence electrons. The summed E-state index contributed by atoms with van der Waals surface area (Å²) >= 11 is 0. The van der Waals surface area contributed by atoms with Crippen molar-refractivity contribution < 1.29 is 4.79 Å².